The Morgan fingerprint density at radius 3 is 2.55 bits per heavy atom. The second-order valence-electron chi connectivity index (χ2n) is 7.23. The van der Waals surface area contributed by atoms with Crippen molar-refractivity contribution in [3.05, 3.63) is 42.4 Å². The Morgan fingerprint density at radius 2 is 1.90 bits per heavy atom. The van der Waals surface area contributed by atoms with Gasteiger partial charge < -0.3 is 19.3 Å². The molecule has 0 radical (unpaired) electrons. The minimum Gasteiger partial charge on any atom is -0.481 e. The summed E-state index contributed by atoms with van der Waals surface area (Å²) < 4.78 is 5.70. The number of hydrogen-bond donors (Lipinski definition) is 1. The zero-order valence-electron chi connectivity index (χ0n) is 16.4. The molecular weight excluding hydrogens is 374 g/mol. The highest BCUT2D eigenvalue weighted by Gasteiger charge is 2.27. The summed E-state index contributed by atoms with van der Waals surface area (Å²) in [7, 11) is 1.59. The number of likely N-dealkylation sites (tertiary alicyclic amines) is 1. The van der Waals surface area contributed by atoms with Gasteiger partial charge in [-0.1, -0.05) is 30.3 Å². The number of carbonyl (C=O) groups is 3. The number of hydrogen-bond acceptors (Lipinski definition) is 5. The highest BCUT2D eigenvalue weighted by Crippen LogP contribution is 2.20. The SMILES string of the molecule is CN(CC(=O)N1CCC(C(=O)O)CC1)C(=O)CCc1ncc(-c2ccccc2)o1. The maximum atomic E-state index is 12.4. The number of amides is 2. The van der Waals surface area contributed by atoms with E-state index in [0.717, 1.165) is 5.56 Å². The van der Waals surface area contributed by atoms with Crippen LogP contribution in [-0.4, -0.2) is 64.4 Å². The number of aryl methyl sites for hydroxylation is 1. The highest BCUT2D eigenvalue weighted by molar-refractivity contribution is 5.85. The number of oxazole rings is 1. The molecule has 154 valence electrons. The second-order valence-corrected chi connectivity index (χ2v) is 7.23. The van der Waals surface area contributed by atoms with Crippen molar-refractivity contribution in [1.82, 2.24) is 14.8 Å². The predicted molar refractivity (Wildman–Crippen MR) is 105 cm³/mol. The number of carbonyl (C=O) groups excluding carboxylic acids is 2. The average molecular weight is 399 g/mol. The van der Waals surface area contributed by atoms with E-state index in [9.17, 15) is 14.4 Å². The summed E-state index contributed by atoms with van der Waals surface area (Å²) in [5.41, 5.74) is 0.923. The molecule has 0 aliphatic carbocycles. The van der Waals surface area contributed by atoms with Gasteiger partial charge in [-0.3, -0.25) is 14.4 Å². The Kier molecular flexibility index (Phi) is 6.64. The molecule has 2 amide bonds. The molecule has 2 heterocycles. The van der Waals surface area contributed by atoms with Crippen LogP contribution in [-0.2, 0) is 20.8 Å². The summed E-state index contributed by atoms with van der Waals surface area (Å²) >= 11 is 0. The van der Waals surface area contributed by atoms with E-state index in [0.29, 0.717) is 44.0 Å². The number of aromatic nitrogens is 1. The predicted octanol–water partition coefficient (Wildman–Crippen LogP) is 2.06. The van der Waals surface area contributed by atoms with Crippen molar-refractivity contribution in [1.29, 1.82) is 0 Å². The van der Waals surface area contributed by atoms with Crippen LogP contribution in [0.4, 0.5) is 0 Å². The standard InChI is InChI=1S/C21H25N3O5/c1-23(14-20(26)24-11-9-16(10-12-24)21(27)28)19(25)8-7-18-22-13-17(29-18)15-5-3-2-4-6-15/h2-6,13,16H,7-12,14H2,1H3,(H,27,28). The first-order valence-corrected chi connectivity index (χ1v) is 9.68. The van der Waals surface area contributed by atoms with E-state index < -0.39 is 5.97 Å². The summed E-state index contributed by atoms with van der Waals surface area (Å²) in [5.74, 6) is -0.397. The maximum absolute atomic E-state index is 12.4. The summed E-state index contributed by atoms with van der Waals surface area (Å²) in [4.78, 5) is 43.0. The number of rotatable bonds is 7. The molecule has 0 bridgehead atoms. The molecule has 0 atom stereocenters. The van der Waals surface area contributed by atoms with Crippen molar-refractivity contribution < 1.29 is 23.9 Å². The molecule has 1 fully saturated rings. The van der Waals surface area contributed by atoms with Gasteiger partial charge in [-0.15, -0.1) is 0 Å². The highest BCUT2D eigenvalue weighted by atomic mass is 16.4. The summed E-state index contributed by atoms with van der Waals surface area (Å²) in [6.07, 6.45) is 3.09. The quantitative estimate of drug-likeness (QED) is 0.764. The molecule has 8 heteroatoms. The molecule has 0 saturated carbocycles. The topological polar surface area (TPSA) is 104 Å². The summed E-state index contributed by atoms with van der Waals surface area (Å²) in [6.45, 7) is 0.810. The van der Waals surface area contributed by atoms with Crippen LogP contribution in [0.3, 0.4) is 0 Å². The first-order chi connectivity index (χ1) is 13.9. The monoisotopic (exact) mass is 399 g/mol. The first-order valence-electron chi connectivity index (χ1n) is 9.68. The number of likely N-dealkylation sites (N-methyl/N-ethyl adjacent to an activating group) is 1. The van der Waals surface area contributed by atoms with Gasteiger partial charge in [0.25, 0.3) is 0 Å². The lowest BCUT2D eigenvalue weighted by Gasteiger charge is -2.31. The van der Waals surface area contributed by atoms with Crippen molar-refractivity contribution in [2.24, 2.45) is 5.92 Å². The van der Waals surface area contributed by atoms with E-state index in [1.807, 2.05) is 30.3 Å². The normalized spacial score (nSPS) is 14.6. The van der Waals surface area contributed by atoms with Crippen LogP contribution in [0, 0.1) is 5.92 Å². The van der Waals surface area contributed by atoms with Gasteiger partial charge in [0.1, 0.15) is 0 Å². The fourth-order valence-electron chi connectivity index (χ4n) is 3.33. The van der Waals surface area contributed by atoms with Gasteiger partial charge >= 0.3 is 5.97 Å². The molecule has 8 nitrogen and oxygen atoms in total. The molecule has 1 aliphatic heterocycles. The fourth-order valence-corrected chi connectivity index (χ4v) is 3.33. The third-order valence-corrected chi connectivity index (χ3v) is 5.16. The third-order valence-electron chi connectivity index (χ3n) is 5.16. The van der Waals surface area contributed by atoms with Gasteiger partial charge in [-0.05, 0) is 12.8 Å². The van der Waals surface area contributed by atoms with Crippen LogP contribution >= 0.6 is 0 Å². The van der Waals surface area contributed by atoms with Gasteiger partial charge in [-0.2, -0.15) is 0 Å². The number of benzene rings is 1. The lowest BCUT2D eigenvalue weighted by atomic mass is 9.97. The van der Waals surface area contributed by atoms with Crippen LogP contribution in [0.2, 0.25) is 0 Å². The first kappa shape index (κ1) is 20.6. The van der Waals surface area contributed by atoms with Crippen LogP contribution in [0.25, 0.3) is 11.3 Å². The largest absolute Gasteiger partial charge is 0.481 e. The minimum absolute atomic E-state index is 0.0164. The van der Waals surface area contributed by atoms with Crippen LogP contribution in [0.15, 0.2) is 40.9 Å². The van der Waals surface area contributed by atoms with Crippen LogP contribution < -0.4 is 0 Å². The molecule has 1 saturated heterocycles. The molecule has 1 aliphatic rings. The Bertz CT molecular complexity index is 856. The van der Waals surface area contributed by atoms with E-state index in [-0.39, 0.29) is 30.7 Å². The molecule has 29 heavy (non-hydrogen) atoms. The fraction of sp³-hybridized carbons (Fsp3) is 0.429. The second kappa shape index (κ2) is 9.36. The molecule has 3 rings (SSSR count). The summed E-state index contributed by atoms with van der Waals surface area (Å²) in [5, 5.41) is 9.03. The number of nitrogens with zero attached hydrogens (tertiary/aromatic N) is 3. The maximum Gasteiger partial charge on any atom is 0.306 e. The molecule has 2 aromatic rings. The Labute approximate surface area is 169 Å². The van der Waals surface area contributed by atoms with Crippen molar-refractivity contribution >= 4 is 17.8 Å². The Morgan fingerprint density at radius 1 is 1.21 bits per heavy atom. The van der Waals surface area contributed by atoms with Crippen LogP contribution in [0.5, 0.6) is 0 Å². The van der Waals surface area contributed by atoms with E-state index in [2.05, 4.69) is 4.98 Å². The third kappa shape index (κ3) is 5.43. The zero-order valence-corrected chi connectivity index (χ0v) is 16.4. The molecule has 1 aromatic heterocycles. The molecule has 0 unspecified atom stereocenters. The van der Waals surface area contributed by atoms with Crippen LogP contribution in [0.1, 0.15) is 25.2 Å². The van der Waals surface area contributed by atoms with Crippen molar-refractivity contribution in [3.8, 4) is 11.3 Å². The van der Waals surface area contributed by atoms with E-state index in [1.54, 1.807) is 18.1 Å². The molecule has 1 aromatic carbocycles. The van der Waals surface area contributed by atoms with Gasteiger partial charge in [0.2, 0.25) is 11.8 Å². The smallest absolute Gasteiger partial charge is 0.306 e. The van der Waals surface area contributed by atoms with E-state index >= 15 is 0 Å². The molecular formula is C21H25N3O5. The number of aliphatic carboxylic acids is 1. The van der Waals surface area contributed by atoms with Gasteiger partial charge in [-0.25, -0.2) is 4.98 Å². The minimum atomic E-state index is -0.814. The zero-order chi connectivity index (χ0) is 20.8. The van der Waals surface area contributed by atoms with Gasteiger partial charge in [0.05, 0.1) is 18.7 Å². The number of piperidine rings is 1. The van der Waals surface area contributed by atoms with E-state index in [1.165, 1.54) is 4.90 Å². The number of carboxylic acid groups (broad SMARTS) is 1. The lowest BCUT2D eigenvalue weighted by Crippen LogP contribution is -2.45. The molecule has 0 spiro atoms. The Hall–Kier alpha value is -3.16. The molecule has 1 N–H and O–H groups in total. The van der Waals surface area contributed by atoms with Crippen molar-refractivity contribution in [3.63, 3.8) is 0 Å². The van der Waals surface area contributed by atoms with Gasteiger partial charge in [0.15, 0.2) is 11.7 Å². The Balaban J connectivity index is 1.44. The average Bonchev–Trinajstić information content (AvgIpc) is 3.21. The number of carboxylic acids is 1. The van der Waals surface area contributed by atoms with Crippen molar-refractivity contribution in [2.45, 2.75) is 25.7 Å². The lowest BCUT2D eigenvalue weighted by molar-refractivity contribution is -0.146. The van der Waals surface area contributed by atoms with Crippen molar-refractivity contribution in [2.75, 3.05) is 26.7 Å². The van der Waals surface area contributed by atoms with Gasteiger partial charge in [0, 0.05) is 38.5 Å². The van der Waals surface area contributed by atoms with E-state index in [4.69, 9.17) is 9.52 Å². The summed E-state index contributed by atoms with van der Waals surface area (Å²) in [6, 6.07) is 9.60.